The molecule has 9 rings (SSSR count). The average Bonchev–Trinajstić information content (AvgIpc) is 3.36. The molecule has 9 aromatic rings. The van der Waals surface area contributed by atoms with Gasteiger partial charge in [-0.05, 0) is 70.1 Å². The van der Waals surface area contributed by atoms with Crippen LogP contribution in [0, 0.1) is 0 Å². The van der Waals surface area contributed by atoms with Crippen LogP contribution in [0.2, 0.25) is 0 Å². The molecule has 0 spiro atoms. The van der Waals surface area contributed by atoms with Gasteiger partial charge in [0, 0.05) is 44.3 Å². The second kappa shape index (κ2) is 25.9. The molecule has 310 valence electrons. The third-order valence-electron chi connectivity index (χ3n) is 9.33. The molecule has 2 heteroatoms. The Morgan fingerprint density at radius 1 is 0.217 bits per heavy atom. The van der Waals surface area contributed by atoms with Gasteiger partial charge in [0.05, 0.1) is 11.4 Å². The molecule has 0 bridgehead atoms. The highest BCUT2D eigenvalue weighted by atomic mass is 15.2. The Morgan fingerprint density at radius 2 is 0.467 bits per heavy atom. The van der Waals surface area contributed by atoms with E-state index in [-0.39, 0.29) is 0 Å². The first kappa shape index (κ1) is 48.0. The molecule has 2 nitrogen and oxygen atoms in total. The minimum absolute atomic E-state index is 1.12. The summed E-state index contributed by atoms with van der Waals surface area (Å²) in [7, 11) is 0. The lowest BCUT2D eigenvalue weighted by Gasteiger charge is -2.33. The number of rotatable bonds is 6. The average molecular weight is 793 g/mol. The van der Waals surface area contributed by atoms with Crippen molar-refractivity contribution in [3.8, 4) is 0 Å². The van der Waals surface area contributed by atoms with Gasteiger partial charge in [0.2, 0.25) is 0 Å². The van der Waals surface area contributed by atoms with Gasteiger partial charge in [-0.15, -0.1) is 0 Å². The highest BCUT2D eigenvalue weighted by molar-refractivity contribution is 6.23. The molecule has 0 aliphatic rings. The number of hydrogen-bond donors (Lipinski definition) is 0. The topological polar surface area (TPSA) is 6.48 Å². The molecule has 0 unspecified atom stereocenters. The van der Waals surface area contributed by atoms with E-state index in [9.17, 15) is 0 Å². The molecular formula is C58H68N2. The number of para-hydroxylation sites is 2. The molecular weight excluding hydrogens is 725 g/mol. The lowest BCUT2D eigenvalue weighted by Crippen LogP contribution is -2.14. The van der Waals surface area contributed by atoms with Crippen molar-refractivity contribution in [1.82, 2.24) is 0 Å². The minimum Gasteiger partial charge on any atom is -0.309 e. The second-order valence-corrected chi connectivity index (χ2v) is 12.2. The molecule has 0 amide bonds. The van der Waals surface area contributed by atoms with Crippen molar-refractivity contribution in [3.63, 3.8) is 0 Å². The zero-order valence-electron chi connectivity index (χ0n) is 38.4. The van der Waals surface area contributed by atoms with Crippen molar-refractivity contribution in [2.24, 2.45) is 0 Å². The van der Waals surface area contributed by atoms with Gasteiger partial charge in [0.15, 0.2) is 0 Å². The maximum Gasteiger partial charge on any atom is 0.0619 e. The fraction of sp³-hybridized carbons (Fsp3) is 0.207. The number of fused-ring (bicyclic) bond motifs is 4. The van der Waals surface area contributed by atoms with Crippen LogP contribution >= 0.6 is 0 Å². The van der Waals surface area contributed by atoms with E-state index in [1.165, 1.54) is 43.1 Å². The predicted octanol–water partition coefficient (Wildman–Crippen LogP) is 19.4. The normalized spacial score (nSPS) is 9.67. The summed E-state index contributed by atoms with van der Waals surface area (Å²) in [4.78, 5) is 4.87. The Kier molecular flexibility index (Phi) is 20.7. The Bertz CT molecular complexity index is 2340. The maximum absolute atomic E-state index is 2.43. The van der Waals surface area contributed by atoms with Gasteiger partial charge in [-0.25, -0.2) is 0 Å². The van der Waals surface area contributed by atoms with E-state index in [0.29, 0.717) is 0 Å². The summed E-state index contributed by atoms with van der Waals surface area (Å²) in [5.41, 5.74) is 6.81. The standard InChI is InChI=1S/C46H32N2.6C2H6/c1-3-19-37(20-4-1)47(39-29-27-33-15-7-9-17-35(33)31-39)45-41-23-11-13-25-43(41)46(44-26-14-12-24-42(44)45)48(38-21-5-2-6-22-38)40-30-28-34-16-8-10-18-36(34)32-40;6*1-2/h1-32H;6*1-2H3. The van der Waals surface area contributed by atoms with Crippen molar-refractivity contribution in [2.45, 2.75) is 83.1 Å². The smallest absolute Gasteiger partial charge is 0.0619 e. The number of hydrogen-bond acceptors (Lipinski definition) is 2. The van der Waals surface area contributed by atoms with Crippen LogP contribution in [0.3, 0.4) is 0 Å². The van der Waals surface area contributed by atoms with E-state index in [1.807, 2.05) is 83.1 Å². The minimum atomic E-state index is 1.12. The molecule has 9 aromatic carbocycles. The predicted molar refractivity (Wildman–Crippen MR) is 274 cm³/mol. The quantitative estimate of drug-likeness (QED) is 0.122. The van der Waals surface area contributed by atoms with Crippen LogP contribution in [0.25, 0.3) is 43.1 Å². The van der Waals surface area contributed by atoms with E-state index < -0.39 is 0 Å². The van der Waals surface area contributed by atoms with Crippen molar-refractivity contribution in [1.29, 1.82) is 0 Å². The van der Waals surface area contributed by atoms with Crippen LogP contribution in [0.5, 0.6) is 0 Å². The largest absolute Gasteiger partial charge is 0.309 e. The first-order valence-corrected chi connectivity index (χ1v) is 22.4. The third-order valence-corrected chi connectivity index (χ3v) is 9.33. The van der Waals surface area contributed by atoms with Gasteiger partial charge in [0.25, 0.3) is 0 Å². The van der Waals surface area contributed by atoms with Gasteiger partial charge in [0.1, 0.15) is 0 Å². The zero-order valence-corrected chi connectivity index (χ0v) is 38.4. The summed E-state index contributed by atoms with van der Waals surface area (Å²) < 4.78 is 0. The number of anilines is 6. The SMILES string of the molecule is CC.CC.CC.CC.CC.CC.c1ccc(N(c2ccc3ccccc3c2)c2c3ccccc3c(N(c3ccccc3)c3ccc4ccccc4c3)c3ccccc23)cc1. The molecule has 0 aromatic heterocycles. The summed E-state index contributed by atoms with van der Waals surface area (Å²) >= 11 is 0. The van der Waals surface area contributed by atoms with Crippen molar-refractivity contribution in [3.05, 3.63) is 194 Å². The molecule has 0 atom stereocenters. The van der Waals surface area contributed by atoms with Crippen LogP contribution in [0.15, 0.2) is 194 Å². The summed E-state index contributed by atoms with van der Waals surface area (Å²) in [5.74, 6) is 0. The fourth-order valence-electron chi connectivity index (χ4n) is 7.16. The molecule has 0 heterocycles. The van der Waals surface area contributed by atoms with Crippen molar-refractivity contribution in [2.75, 3.05) is 9.80 Å². The molecule has 0 fully saturated rings. The van der Waals surface area contributed by atoms with E-state index in [1.54, 1.807) is 0 Å². The molecule has 0 aliphatic carbocycles. The van der Waals surface area contributed by atoms with Gasteiger partial charge in [-0.3, -0.25) is 0 Å². The fourth-order valence-corrected chi connectivity index (χ4v) is 7.16. The Labute approximate surface area is 362 Å². The molecule has 0 saturated carbocycles. The van der Waals surface area contributed by atoms with Crippen LogP contribution in [0.1, 0.15) is 83.1 Å². The van der Waals surface area contributed by atoms with Crippen LogP contribution in [0.4, 0.5) is 34.1 Å². The molecule has 0 aliphatic heterocycles. The van der Waals surface area contributed by atoms with E-state index in [4.69, 9.17) is 0 Å². The second-order valence-electron chi connectivity index (χ2n) is 12.2. The van der Waals surface area contributed by atoms with E-state index >= 15 is 0 Å². The number of benzene rings is 9. The number of nitrogens with zero attached hydrogens (tertiary/aromatic N) is 2. The first-order valence-electron chi connectivity index (χ1n) is 22.4. The van der Waals surface area contributed by atoms with Gasteiger partial charge < -0.3 is 9.80 Å². The first-order chi connectivity index (χ1) is 29.8. The Morgan fingerprint density at radius 3 is 0.767 bits per heavy atom. The monoisotopic (exact) mass is 793 g/mol. The molecule has 0 saturated heterocycles. The van der Waals surface area contributed by atoms with Crippen LogP contribution in [-0.2, 0) is 0 Å². The summed E-state index contributed by atoms with van der Waals surface area (Å²) in [5, 5.41) is 9.63. The van der Waals surface area contributed by atoms with Crippen molar-refractivity contribution < 1.29 is 0 Å². The van der Waals surface area contributed by atoms with Crippen LogP contribution < -0.4 is 9.80 Å². The van der Waals surface area contributed by atoms with Crippen molar-refractivity contribution >= 4 is 77.2 Å². The van der Waals surface area contributed by atoms with E-state index in [2.05, 4.69) is 204 Å². The molecule has 0 N–H and O–H groups in total. The van der Waals surface area contributed by atoms with Gasteiger partial charge in [-0.1, -0.05) is 229 Å². The third kappa shape index (κ3) is 10.6. The van der Waals surface area contributed by atoms with Crippen LogP contribution in [-0.4, -0.2) is 0 Å². The highest BCUT2D eigenvalue weighted by Crippen LogP contribution is 2.51. The summed E-state index contributed by atoms with van der Waals surface area (Å²) in [6.45, 7) is 24.0. The Hall–Kier alpha value is -6.38. The lowest BCUT2D eigenvalue weighted by atomic mass is 9.95. The highest BCUT2D eigenvalue weighted by Gasteiger charge is 2.25. The zero-order chi connectivity index (χ0) is 43.9. The Balaban J connectivity index is 0.000000739. The lowest BCUT2D eigenvalue weighted by molar-refractivity contribution is 1.30. The molecule has 60 heavy (non-hydrogen) atoms. The maximum atomic E-state index is 2.43. The summed E-state index contributed by atoms with van der Waals surface area (Å²) in [6.07, 6.45) is 0. The van der Waals surface area contributed by atoms with E-state index in [0.717, 1.165) is 34.1 Å². The van der Waals surface area contributed by atoms with Gasteiger partial charge in [-0.2, -0.15) is 0 Å². The van der Waals surface area contributed by atoms with Gasteiger partial charge >= 0.3 is 0 Å². The molecule has 0 radical (unpaired) electrons. The summed E-state index contributed by atoms with van der Waals surface area (Å²) in [6, 6.07) is 70.0.